The number of ether oxygens (including phenoxy) is 1. The zero-order chi connectivity index (χ0) is 13.8. The van der Waals surface area contributed by atoms with E-state index in [1.165, 1.54) is 10.9 Å². The largest absolute Gasteiger partial charge is 0.497 e. The van der Waals surface area contributed by atoms with E-state index in [2.05, 4.69) is 5.10 Å². The van der Waals surface area contributed by atoms with Gasteiger partial charge in [-0.1, -0.05) is 6.07 Å². The second kappa shape index (κ2) is 5.43. The molecule has 0 aliphatic carbocycles. The van der Waals surface area contributed by atoms with Gasteiger partial charge in [0.05, 0.1) is 19.0 Å². The number of carbonyl (C=O) groups is 1. The Morgan fingerprint density at radius 2 is 2.32 bits per heavy atom. The predicted molar refractivity (Wildman–Crippen MR) is 73.0 cm³/mol. The summed E-state index contributed by atoms with van der Waals surface area (Å²) >= 11 is 0. The van der Waals surface area contributed by atoms with Crippen molar-refractivity contribution in [2.75, 3.05) is 24.8 Å². The van der Waals surface area contributed by atoms with Crippen molar-refractivity contribution in [1.82, 2.24) is 9.78 Å². The fourth-order valence-corrected chi connectivity index (χ4v) is 1.67. The first-order chi connectivity index (χ1) is 9.10. The van der Waals surface area contributed by atoms with E-state index in [4.69, 9.17) is 10.5 Å². The highest BCUT2D eigenvalue weighted by Crippen LogP contribution is 2.20. The van der Waals surface area contributed by atoms with E-state index in [0.29, 0.717) is 11.4 Å². The molecule has 1 amide bonds. The van der Waals surface area contributed by atoms with Gasteiger partial charge in [-0.05, 0) is 12.1 Å². The van der Waals surface area contributed by atoms with Gasteiger partial charge < -0.3 is 15.4 Å². The van der Waals surface area contributed by atoms with E-state index in [1.807, 2.05) is 18.2 Å². The Bertz CT molecular complexity index is 580. The molecule has 0 atom stereocenters. The molecule has 1 heterocycles. The number of anilines is 2. The third kappa shape index (κ3) is 3.04. The fraction of sp³-hybridized carbons (Fsp3) is 0.231. The van der Waals surface area contributed by atoms with Gasteiger partial charge in [0.1, 0.15) is 12.3 Å². The van der Waals surface area contributed by atoms with Crippen molar-refractivity contribution in [3.05, 3.63) is 36.7 Å². The molecule has 19 heavy (non-hydrogen) atoms. The lowest BCUT2D eigenvalue weighted by atomic mass is 10.2. The van der Waals surface area contributed by atoms with Crippen LogP contribution in [0.5, 0.6) is 5.75 Å². The van der Waals surface area contributed by atoms with Gasteiger partial charge >= 0.3 is 0 Å². The zero-order valence-corrected chi connectivity index (χ0v) is 10.9. The van der Waals surface area contributed by atoms with Crippen molar-refractivity contribution in [1.29, 1.82) is 0 Å². The number of rotatable bonds is 4. The monoisotopic (exact) mass is 260 g/mol. The van der Waals surface area contributed by atoms with E-state index >= 15 is 0 Å². The lowest BCUT2D eigenvalue weighted by Gasteiger charge is -2.17. The average Bonchev–Trinajstić information content (AvgIpc) is 2.83. The minimum absolute atomic E-state index is 0.0867. The van der Waals surface area contributed by atoms with Gasteiger partial charge in [-0.3, -0.25) is 9.48 Å². The van der Waals surface area contributed by atoms with Crippen molar-refractivity contribution >= 4 is 17.3 Å². The minimum Gasteiger partial charge on any atom is -0.497 e. The molecule has 6 nitrogen and oxygen atoms in total. The summed E-state index contributed by atoms with van der Waals surface area (Å²) in [5, 5.41) is 3.99. The van der Waals surface area contributed by atoms with Crippen LogP contribution in [0.2, 0.25) is 0 Å². The van der Waals surface area contributed by atoms with Crippen molar-refractivity contribution < 1.29 is 9.53 Å². The van der Waals surface area contributed by atoms with Crippen LogP contribution in [0.1, 0.15) is 0 Å². The maximum Gasteiger partial charge on any atom is 0.248 e. The van der Waals surface area contributed by atoms with Crippen LogP contribution in [0, 0.1) is 0 Å². The number of methoxy groups -OCH3 is 1. The van der Waals surface area contributed by atoms with E-state index in [0.717, 1.165) is 5.69 Å². The maximum atomic E-state index is 12.1. The lowest BCUT2D eigenvalue weighted by molar-refractivity contribution is -0.119. The highest BCUT2D eigenvalue weighted by atomic mass is 16.5. The van der Waals surface area contributed by atoms with Crippen molar-refractivity contribution in [3.8, 4) is 5.75 Å². The van der Waals surface area contributed by atoms with Crippen molar-refractivity contribution in [2.45, 2.75) is 6.54 Å². The SMILES string of the molecule is COc1cccc(N(C)C(=O)Cn2cc(N)cn2)c1. The van der Waals surface area contributed by atoms with Crippen LogP contribution in [0.25, 0.3) is 0 Å². The topological polar surface area (TPSA) is 73.4 Å². The van der Waals surface area contributed by atoms with Crippen LogP contribution in [0.15, 0.2) is 36.7 Å². The molecule has 0 aliphatic rings. The molecule has 2 rings (SSSR count). The van der Waals surface area contributed by atoms with Gasteiger partial charge in [0.25, 0.3) is 0 Å². The number of hydrogen-bond acceptors (Lipinski definition) is 4. The Morgan fingerprint density at radius 1 is 1.53 bits per heavy atom. The van der Waals surface area contributed by atoms with E-state index in [-0.39, 0.29) is 12.5 Å². The Morgan fingerprint density at radius 3 is 2.95 bits per heavy atom. The molecule has 100 valence electrons. The summed E-state index contributed by atoms with van der Waals surface area (Å²) in [5.41, 5.74) is 6.86. The normalized spacial score (nSPS) is 10.2. The fourth-order valence-electron chi connectivity index (χ4n) is 1.67. The number of carbonyl (C=O) groups excluding carboxylic acids is 1. The zero-order valence-electron chi connectivity index (χ0n) is 10.9. The van der Waals surface area contributed by atoms with Crippen LogP contribution >= 0.6 is 0 Å². The third-order valence-corrected chi connectivity index (χ3v) is 2.77. The molecule has 1 aromatic carbocycles. The average molecular weight is 260 g/mol. The second-order valence-electron chi connectivity index (χ2n) is 4.13. The summed E-state index contributed by atoms with van der Waals surface area (Å²) in [5.74, 6) is 0.622. The number of amides is 1. The molecular weight excluding hydrogens is 244 g/mol. The van der Waals surface area contributed by atoms with Gasteiger partial charge in [-0.25, -0.2) is 0 Å². The molecule has 2 aromatic rings. The molecule has 0 unspecified atom stereocenters. The van der Waals surface area contributed by atoms with Gasteiger partial charge in [-0.15, -0.1) is 0 Å². The third-order valence-electron chi connectivity index (χ3n) is 2.77. The summed E-state index contributed by atoms with van der Waals surface area (Å²) in [6, 6.07) is 7.31. The number of likely N-dealkylation sites (N-methyl/N-ethyl adjacent to an activating group) is 1. The summed E-state index contributed by atoms with van der Waals surface area (Å²) in [6.07, 6.45) is 3.14. The molecule has 0 bridgehead atoms. The van der Waals surface area contributed by atoms with Crippen LogP contribution < -0.4 is 15.4 Å². The number of hydrogen-bond donors (Lipinski definition) is 1. The molecule has 1 aromatic heterocycles. The Labute approximate surface area is 111 Å². The molecule has 0 saturated heterocycles. The lowest BCUT2D eigenvalue weighted by Crippen LogP contribution is -2.30. The summed E-state index contributed by atoms with van der Waals surface area (Å²) < 4.78 is 6.64. The van der Waals surface area contributed by atoms with Crippen LogP contribution in [-0.4, -0.2) is 29.8 Å². The summed E-state index contributed by atoms with van der Waals surface area (Å²) in [7, 11) is 3.30. The molecular formula is C13H16N4O2. The van der Waals surface area contributed by atoms with Gasteiger partial charge in [0.2, 0.25) is 5.91 Å². The number of benzene rings is 1. The van der Waals surface area contributed by atoms with Gasteiger partial charge in [0, 0.05) is 25.0 Å². The Balaban J connectivity index is 2.09. The Hall–Kier alpha value is -2.50. The van der Waals surface area contributed by atoms with Crippen molar-refractivity contribution in [3.63, 3.8) is 0 Å². The number of nitrogens with zero attached hydrogens (tertiary/aromatic N) is 3. The summed E-state index contributed by atoms with van der Waals surface area (Å²) in [4.78, 5) is 13.7. The quantitative estimate of drug-likeness (QED) is 0.894. The van der Waals surface area contributed by atoms with Crippen LogP contribution in [-0.2, 0) is 11.3 Å². The van der Waals surface area contributed by atoms with E-state index < -0.39 is 0 Å². The molecule has 0 radical (unpaired) electrons. The number of nitrogen functional groups attached to an aromatic ring is 1. The standard InChI is InChI=1S/C13H16N4O2/c1-16(11-4-3-5-12(6-11)19-2)13(18)9-17-8-10(14)7-15-17/h3-8H,9,14H2,1-2H3. The molecule has 0 spiro atoms. The van der Waals surface area contributed by atoms with E-state index in [1.54, 1.807) is 31.3 Å². The Kier molecular flexibility index (Phi) is 3.70. The molecule has 0 fully saturated rings. The second-order valence-corrected chi connectivity index (χ2v) is 4.13. The van der Waals surface area contributed by atoms with Gasteiger partial charge in [-0.2, -0.15) is 5.10 Å². The maximum absolute atomic E-state index is 12.1. The molecule has 6 heteroatoms. The number of aromatic nitrogens is 2. The van der Waals surface area contributed by atoms with Crippen molar-refractivity contribution in [2.24, 2.45) is 0 Å². The highest BCUT2D eigenvalue weighted by Gasteiger charge is 2.12. The number of nitrogens with two attached hydrogens (primary N) is 1. The predicted octanol–water partition coefficient (Wildman–Crippen LogP) is 1.14. The first-order valence-corrected chi connectivity index (χ1v) is 5.78. The van der Waals surface area contributed by atoms with E-state index in [9.17, 15) is 4.79 Å². The van der Waals surface area contributed by atoms with Crippen LogP contribution in [0.4, 0.5) is 11.4 Å². The molecule has 2 N–H and O–H groups in total. The summed E-state index contributed by atoms with van der Waals surface area (Å²) in [6.45, 7) is 0.144. The first-order valence-electron chi connectivity index (χ1n) is 5.78. The molecule has 0 aliphatic heterocycles. The highest BCUT2D eigenvalue weighted by molar-refractivity contribution is 5.92. The smallest absolute Gasteiger partial charge is 0.248 e. The minimum atomic E-state index is -0.0867. The van der Waals surface area contributed by atoms with Gasteiger partial charge in [0.15, 0.2) is 0 Å². The van der Waals surface area contributed by atoms with Crippen LogP contribution in [0.3, 0.4) is 0 Å². The molecule has 0 saturated carbocycles. The first kappa shape index (κ1) is 12.9.